The van der Waals surface area contributed by atoms with E-state index in [9.17, 15) is 20.0 Å². The molecule has 2 N–H and O–H groups in total. The van der Waals surface area contributed by atoms with Crippen LogP contribution in [-0.4, -0.2) is 35.7 Å². The molecule has 0 bridgehead atoms. The van der Waals surface area contributed by atoms with Crippen molar-refractivity contribution in [1.82, 2.24) is 24.7 Å². The maximum absolute atomic E-state index is 12.9. The Labute approximate surface area is 206 Å². The second-order valence-electron chi connectivity index (χ2n) is 8.35. The zero-order chi connectivity index (χ0) is 26.0. The highest BCUT2D eigenvalue weighted by Crippen LogP contribution is 2.39. The van der Waals surface area contributed by atoms with Crippen LogP contribution in [0.15, 0.2) is 52.2 Å². The number of aryl methyl sites for hydroxylation is 2. The number of hydrogen-bond donors (Lipinski definition) is 2. The molecule has 0 saturated carbocycles. The largest absolute Gasteiger partial charge is 0.501 e. The van der Waals surface area contributed by atoms with Crippen molar-refractivity contribution >= 4 is 11.6 Å². The summed E-state index contributed by atoms with van der Waals surface area (Å²) in [6, 6.07) is 9.32. The molecule has 1 amide bonds. The molecule has 0 radical (unpaired) electrons. The van der Waals surface area contributed by atoms with Crippen molar-refractivity contribution < 1.29 is 14.4 Å². The lowest BCUT2D eigenvalue weighted by molar-refractivity contribution is 0.101. The molecule has 0 aliphatic rings. The molecule has 0 unspecified atom stereocenters. The molecule has 3 aromatic heterocycles. The van der Waals surface area contributed by atoms with Crippen molar-refractivity contribution in [2.45, 2.75) is 32.6 Å². The van der Waals surface area contributed by atoms with Crippen molar-refractivity contribution in [3.05, 3.63) is 93.0 Å². The topological polar surface area (TPSA) is 160 Å². The number of aromatic nitrogens is 5. The van der Waals surface area contributed by atoms with Crippen LogP contribution in [0.5, 0.6) is 5.75 Å². The molecule has 0 saturated heterocycles. The Kier molecular flexibility index (Phi) is 6.60. The van der Waals surface area contributed by atoms with Crippen LogP contribution in [0.2, 0.25) is 0 Å². The Hall–Kier alpha value is -4.85. The van der Waals surface area contributed by atoms with E-state index >= 15 is 0 Å². The van der Waals surface area contributed by atoms with Gasteiger partial charge in [0.05, 0.1) is 34.9 Å². The van der Waals surface area contributed by atoms with Crippen molar-refractivity contribution in [1.29, 1.82) is 5.26 Å². The molecule has 4 aromatic rings. The van der Waals surface area contributed by atoms with Gasteiger partial charge in [0.15, 0.2) is 5.69 Å². The van der Waals surface area contributed by atoms with Crippen LogP contribution in [0.4, 0.5) is 5.69 Å². The zero-order valence-corrected chi connectivity index (χ0v) is 20.1. The van der Waals surface area contributed by atoms with Crippen LogP contribution < -0.4 is 10.9 Å². The number of aromatic hydroxyl groups is 1. The number of rotatable bonds is 6. The van der Waals surface area contributed by atoms with E-state index in [0.29, 0.717) is 28.2 Å². The average molecular weight is 486 g/mol. The van der Waals surface area contributed by atoms with Crippen LogP contribution in [0.3, 0.4) is 0 Å². The lowest BCUT2D eigenvalue weighted by Gasteiger charge is -2.27. The van der Waals surface area contributed by atoms with Crippen LogP contribution in [0, 0.1) is 25.2 Å². The number of carbonyl (C=O) groups is 1. The summed E-state index contributed by atoms with van der Waals surface area (Å²) in [7, 11) is 1.46. The minimum atomic E-state index is -0.803. The van der Waals surface area contributed by atoms with Gasteiger partial charge in [-0.1, -0.05) is 30.3 Å². The van der Waals surface area contributed by atoms with Gasteiger partial charge in [-0.25, -0.2) is 4.98 Å². The summed E-state index contributed by atoms with van der Waals surface area (Å²) < 4.78 is 5.90. The molecule has 4 rings (SSSR count). The number of amides is 1. The lowest BCUT2D eigenvalue weighted by Crippen LogP contribution is -2.30. The van der Waals surface area contributed by atoms with Crippen LogP contribution >= 0.6 is 0 Å². The molecule has 3 heterocycles. The van der Waals surface area contributed by atoms with E-state index in [0.717, 1.165) is 0 Å². The Balaban J connectivity index is 1.91. The van der Waals surface area contributed by atoms with E-state index in [1.54, 1.807) is 18.3 Å². The first-order valence-electron chi connectivity index (χ1n) is 11.0. The summed E-state index contributed by atoms with van der Waals surface area (Å²) in [5, 5.41) is 26.3. The number of nitrogens with zero attached hydrogens (tertiary/aromatic N) is 6. The summed E-state index contributed by atoms with van der Waals surface area (Å²) in [6.07, 6.45) is 4.12. The summed E-state index contributed by atoms with van der Waals surface area (Å²) in [5.74, 6) is -2.47. The van der Waals surface area contributed by atoms with Gasteiger partial charge in [0, 0.05) is 25.1 Å². The smallest absolute Gasteiger partial charge is 0.296 e. The molecule has 1 aromatic carbocycles. The van der Waals surface area contributed by atoms with Gasteiger partial charge in [0.2, 0.25) is 5.75 Å². The maximum atomic E-state index is 12.9. The first-order chi connectivity index (χ1) is 17.2. The first kappa shape index (κ1) is 24.3. The van der Waals surface area contributed by atoms with Crippen molar-refractivity contribution in [2.75, 3.05) is 5.32 Å². The first-order valence-corrected chi connectivity index (χ1v) is 11.0. The van der Waals surface area contributed by atoms with Crippen LogP contribution in [0.25, 0.3) is 0 Å². The molecule has 0 spiro atoms. The molecular formula is C25H23N7O4. The third-order valence-electron chi connectivity index (χ3n) is 5.94. The van der Waals surface area contributed by atoms with E-state index < -0.39 is 34.7 Å². The van der Waals surface area contributed by atoms with Crippen molar-refractivity contribution in [3.63, 3.8) is 0 Å². The number of benzene rings is 1. The number of nitrogens with one attached hydrogen (secondary N) is 1. The second-order valence-corrected chi connectivity index (χ2v) is 8.35. The minimum Gasteiger partial charge on any atom is -0.501 e. The number of hydrogen-bond acceptors (Lipinski definition) is 9. The standard InChI is InChI=1S/C25H23N7O4/c1-13-10-27-15(3)20(29-13)19(18-8-6-5-7-16(18)9-26)14(2)23-31-21(22(33)25(35)32(23)4)24(34)30-17-11-28-36-12-17/h5-8,10-12,14,19,33H,1-4H3,(H,30,34)/t14-,19-/m0/s1. The predicted octanol–water partition coefficient (Wildman–Crippen LogP) is 2.94. The summed E-state index contributed by atoms with van der Waals surface area (Å²) >= 11 is 0. The van der Waals surface area contributed by atoms with Gasteiger partial charge in [-0.15, -0.1) is 0 Å². The highest BCUT2D eigenvalue weighted by atomic mass is 16.5. The van der Waals surface area contributed by atoms with Gasteiger partial charge in [0.1, 0.15) is 17.8 Å². The van der Waals surface area contributed by atoms with E-state index in [4.69, 9.17) is 9.51 Å². The van der Waals surface area contributed by atoms with Gasteiger partial charge in [0.25, 0.3) is 11.5 Å². The zero-order valence-electron chi connectivity index (χ0n) is 20.1. The average Bonchev–Trinajstić information content (AvgIpc) is 3.38. The third kappa shape index (κ3) is 4.44. The summed E-state index contributed by atoms with van der Waals surface area (Å²) in [5.41, 5.74) is 2.07. The van der Waals surface area contributed by atoms with Gasteiger partial charge < -0.3 is 14.9 Å². The lowest BCUT2D eigenvalue weighted by atomic mass is 9.81. The Bertz CT molecular complexity index is 1540. The molecule has 36 heavy (non-hydrogen) atoms. The van der Waals surface area contributed by atoms with E-state index in [2.05, 4.69) is 26.5 Å². The highest BCUT2D eigenvalue weighted by Gasteiger charge is 2.32. The SMILES string of the molecule is Cc1cnc(C)c([C@H](c2ccccc2C#N)[C@H](C)c2nc(C(=O)Nc3cnoc3)c(O)c(=O)n2C)n1. The Morgan fingerprint density at radius 3 is 2.67 bits per heavy atom. The Morgan fingerprint density at radius 2 is 1.97 bits per heavy atom. The molecule has 0 fully saturated rings. The van der Waals surface area contributed by atoms with Crippen molar-refractivity contribution in [2.24, 2.45) is 7.05 Å². The normalized spacial score (nSPS) is 12.5. The van der Waals surface area contributed by atoms with E-state index in [1.165, 1.54) is 24.1 Å². The molecule has 0 aliphatic heterocycles. The van der Waals surface area contributed by atoms with Gasteiger partial charge in [-0.2, -0.15) is 5.26 Å². The molecular weight excluding hydrogens is 462 g/mol. The maximum Gasteiger partial charge on any atom is 0.296 e. The fourth-order valence-corrected chi connectivity index (χ4v) is 4.15. The quantitative estimate of drug-likeness (QED) is 0.418. The Morgan fingerprint density at radius 1 is 1.22 bits per heavy atom. The van der Waals surface area contributed by atoms with Gasteiger partial charge in [-0.3, -0.25) is 24.1 Å². The van der Waals surface area contributed by atoms with E-state index in [-0.39, 0.29) is 11.5 Å². The van der Waals surface area contributed by atoms with Crippen LogP contribution in [0.1, 0.15) is 63.3 Å². The van der Waals surface area contributed by atoms with Crippen LogP contribution in [-0.2, 0) is 7.05 Å². The molecule has 2 atom stereocenters. The number of carbonyl (C=O) groups excluding carboxylic acids is 1. The highest BCUT2D eigenvalue weighted by molar-refractivity contribution is 6.04. The third-order valence-corrected chi connectivity index (χ3v) is 5.94. The second kappa shape index (κ2) is 9.79. The number of nitriles is 1. The van der Waals surface area contributed by atoms with Gasteiger partial charge in [-0.05, 0) is 25.5 Å². The molecule has 182 valence electrons. The van der Waals surface area contributed by atoms with Crippen molar-refractivity contribution in [3.8, 4) is 11.8 Å². The predicted molar refractivity (Wildman–Crippen MR) is 129 cm³/mol. The fraction of sp³-hybridized carbons (Fsp3) is 0.240. The van der Waals surface area contributed by atoms with Gasteiger partial charge >= 0.3 is 0 Å². The molecule has 11 heteroatoms. The monoisotopic (exact) mass is 485 g/mol. The minimum absolute atomic E-state index is 0.216. The molecule has 11 nitrogen and oxygen atoms in total. The fourth-order valence-electron chi connectivity index (χ4n) is 4.15. The molecule has 0 aliphatic carbocycles. The van der Waals surface area contributed by atoms with E-state index in [1.807, 2.05) is 32.9 Å². The summed E-state index contributed by atoms with van der Waals surface area (Å²) in [4.78, 5) is 39.4. The number of anilines is 1. The summed E-state index contributed by atoms with van der Waals surface area (Å²) in [6.45, 7) is 5.45.